The van der Waals surface area contributed by atoms with Crippen LogP contribution in [0.5, 0.6) is 0 Å². The Bertz CT molecular complexity index is 282. The summed E-state index contributed by atoms with van der Waals surface area (Å²) in [5.41, 5.74) is 6.12. The minimum atomic E-state index is -0.378. The molecule has 60 valence electrons. The van der Waals surface area contributed by atoms with E-state index in [9.17, 15) is 4.79 Å². The number of esters is 1. The smallest absolute Gasteiger partial charge is 0.350 e. The minimum absolute atomic E-state index is 0.378. The van der Waals surface area contributed by atoms with Crippen LogP contribution in [0.2, 0.25) is 0 Å². The van der Waals surface area contributed by atoms with Crippen LogP contribution in [-0.2, 0) is 4.74 Å². The maximum atomic E-state index is 10.9. The van der Waals surface area contributed by atoms with E-state index in [-0.39, 0.29) is 5.97 Å². The second-order valence-corrected chi connectivity index (χ2v) is 2.79. The van der Waals surface area contributed by atoms with Crippen LogP contribution >= 0.6 is 11.5 Å². The van der Waals surface area contributed by atoms with Crippen molar-refractivity contribution in [2.24, 2.45) is 0 Å². The predicted molar refractivity (Wildman–Crippen MR) is 42.6 cm³/mol. The third-order valence-corrected chi connectivity index (χ3v) is 2.27. The number of carbonyl (C=O) groups excluding carboxylic acids is 1. The number of hydrogen-bond acceptors (Lipinski definition) is 5. The van der Waals surface area contributed by atoms with Crippen molar-refractivity contribution in [3.63, 3.8) is 0 Å². The number of rotatable bonds is 1. The molecule has 11 heavy (non-hydrogen) atoms. The van der Waals surface area contributed by atoms with E-state index >= 15 is 0 Å². The molecule has 0 saturated heterocycles. The van der Waals surface area contributed by atoms with Crippen molar-refractivity contribution < 1.29 is 9.53 Å². The number of nitrogen functional groups attached to an aromatic ring is 1. The number of anilines is 1. The van der Waals surface area contributed by atoms with Crippen molar-refractivity contribution in [3.05, 3.63) is 10.4 Å². The van der Waals surface area contributed by atoms with Crippen LogP contribution in [0.1, 0.15) is 15.2 Å². The summed E-state index contributed by atoms with van der Waals surface area (Å²) in [5, 5.41) is 0. The van der Waals surface area contributed by atoms with Crippen molar-refractivity contribution in [2.75, 3.05) is 12.8 Å². The Balaban J connectivity index is 3.04. The maximum Gasteiger partial charge on any atom is 0.350 e. The van der Waals surface area contributed by atoms with E-state index < -0.39 is 0 Å². The van der Waals surface area contributed by atoms with Gasteiger partial charge in [-0.3, -0.25) is 0 Å². The molecule has 0 fully saturated rings. The van der Waals surface area contributed by atoms with Gasteiger partial charge in [0.05, 0.1) is 7.11 Å². The highest BCUT2D eigenvalue weighted by molar-refractivity contribution is 7.08. The van der Waals surface area contributed by atoms with Crippen molar-refractivity contribution in [3.8, 4) is 0 Å². The standard InChI is InChI=1S/C6H8N2O2S/c1-3-4(6(9)10-2)11-8-5(3)7/h1-2H3,(H2,7,8). The van der Waals surface area contributed by atoms with Gasteiger partial charge >= 0.3 is 5.97 Å². The van der Waals surface area contributed by atoms with Gasteiger partial charge in [-0.25, -0.2) is 4.79 Å². The number of carbonyl (C=O) groups is 1. The molecular weight excluding hydrogens is 164 g/mol. The number of ether oxygens (including phenoxy) is 1. The summed E-state index contributed by atoms with van der Waals surface area (Å²) >= 11 is 1.06. The molecule has 5 heteroatoms. The highest BCUT2D eigenvalue weighted by Gasteiger charge is 2.14. The zero-order chi connectivity index (χ0) is 8.43. The van der Waals surface area contributed by atoms with Crippen molar-refractivity contribution in [2.45, 2.75) is 6.92 Å². The van der Waals surface area contributed by atoms with Gasteiger partial charge in [-0.05, 0) is 18.5 Å². The van der Waals surface area contributed by atoms with Crippen LogP contribution in [0.4, 0.5) is 5.82 Å². The van der Waals surface area contributed by atoms with Gasteiger partial charge in [0.2, 0.25) is 0 Å². The largest absolute Gasteiger partial charge is 0.465 e. The second-order valence-electron chi connectivity index (χ2n) is 2.01. The lowest BCUT2D eigenvalue weighted by Crippen LogP contribution is -2.00. The zero-order valence-corrected chi connectivity index (χ0v) is 7.07. The summed E-state index contributed by atoms with van der Waals surface area (Å²) in [4.78, 5) is 11.4. The summed E-state index contributed by atoms with van der Waals surface area (Å²) in [6, 6.07) is 0. The monoisotopic (exact) mass is 172 g/mol. The SMILES string of the molecule is COC(=O)c1snc(N)c1C. The predicted octanol–water partition coefficient (Wildman–Crippen LogP) is 0.820. The van der Waals surface area contributed by atoms with E-state index in [0.717, 1.165) is 11.5 Å². The van der Waals surface area contributed by atoms with E-state index in [2.05, 4.69) is 9.11 Å². The molecule has 0 bridgehead atoms. The number of hydrogen-bond donors (Lipinski definition) is 1. The van der Waals surface area contributed by atoms with Gasteiger partial charge in [0, 0.05) is 5.56 Å². The van der Waals surface area contributed by atoms with Crippen LogP contribution in [-0.4, -0.2) is 17.5 Å². The number of nitrogens with two attached hydrogens (primary N) is 1. The van der Waals surface area contributed by atoms with E-state index in [1.54, 1.807) is 6.92 Å². The molecule has 1 heterocycles. The molecule has 1 aromatic heterocycles. The van der Waals surface area contributed by atoms with E-state index in [1.807, 2.05) is 0 Å². The lowest BCUT2D eigenvalue weighted by molar-refractivity contribution is 0.0605. The fourth-order valence-corrected chi connectivity index (χ4v) is 1.36. The Morgan fingerprint density at radius 3 is 2.73 bits per heavy atom. The topological polar surface area (TPSA) is 65.2 Å². The van der Waals surface area contributed by atoms with Crippen LogP contribution in [0.25, 0.3) is 0 Å². The molecule has 1 aromatic rings. The molecule has 2 N–H and O–H groups in total. The lowest BCUT2D eigenvalue weighted by atomic mass is 10.3. The third kappa shape index (κ3) is 1.32. The summed E-state index contributed by atoms with van der Waals surface area (Å²) in [5.74, 6) is 0.0205. The Morgan fingerprint density at radius 2 is 2.36 bits per heavy atom. The fourth-order valence-electron chi connectivity index (χ4n) is 0.631. The Morgan fingerprint density at radius 1 is 1.73 bits per heavy atom. The summed E-state index contributed by atoms with van der Waals surface area (Å²) in [6.07, 6.45) is 0. The molecule has 4 nitrogen and oxygen atoms in total. The van der Waals surface area contributed by atoms with Crippen molar-refractivity contribution in [1.82, 2.24) is 4.37 Å². The maximum absolute atomic E-state index is 10.9. The van der Waals surface area contributed by atoms with Gasteiger partial charge < -0.3 is 10.5 Å². The van der Waals surface area contributed by atoms with Crippen LogP contribution in [0, 0.1) is 6.92 Å². The van der Waals surface area contributed by atoms with Crippen LogP contribution in [0.3, 0.4) is 0 Å². The first-order valence-electron chi connectivity index (χ1n) is 2.97. The Kier molecular flexibility index (Phi) is 2.09. The van der Waals surface area contributed by atoms with E-state index in [0.29, 0.717) is 16.3 Å². The Labute approximate surface area is 68.1 Å². The molecule has 0 spiro atoms. The molecular formula is C6H8N2O2S. The highest BCUT2D eigenvalue weighted by Crippen LogP contribution is 2.19. The highest BCUT2D eigenvalue weighted by atomic mass is 32.1. The van der Waals surface area contributed by atoms with Gasteiger partial charge in [-0.2, -0.15) is 4.37 Å². The van der Waals surface area contributed by atoms with Gasteiger partial charge in [-0.1, -0.05) is 0 Å². The quantitative estimate of drug-likeness (QED) is 0.637. The second kappa shape index (κ2) is 2.87. The molecule has 0 aliphatic carbocycles. The zero-order valence-electron chi connectivity index (χ0n) is 6.25. The molecule has 0 aromatic carbocycles. The summed E-state index contributed by atoms with van der Waals surface area (Å²) < 4.78 is 8.31. The van der Waals surface area contributed by atoms with Gasteiger partial charge in [0.25, 0.3) is 0 Å². The van der Waals surface area contributed by atoms with Crippen LogP contribution < -0.4 is 5.73 Å². The minimum Gasteiger partial charge on any atom is -0.465 e. The average molecular weight is 172 g/mol. The number of aromatic nitrogens is 1. The first-order chi connectivity index (χ1) is 5.16. The first kappa shape index (κ1) is 8.00. The molecule has 0 amide bonds. The van der Waals surface area contributed by atoms with Gasteiger partial charge in [-0.15, -0.1) is 0 Å². The van der Waals surface area contributed by atoms with Gasteiger partial charge in [0.1, 0.15) is 10.7 Å². The molecule has 0 radical (unpaired) electrons. The lowest BCUT2D eigenvalue weighted by Gasteiger charge is -1.94. The normalized spacial score (nSPS) is 9.64. The Hall–Kier alpha value is -1.10. The van der Waals surface area contributed by atoms with Crippen molar-refractivity contribution >= 4 is 23.3 Å². The molecule has 0 unspecified atom stereocenters. The molecule has 0 aliphatic heterocycles. The molecule has 0 saturated carbocycles. The summed E-state index contributed by atoms with van der Waals surface area (Å²) in [7, 11) is 1.33. The van der Waals surface area contributed by atoms with Crippen molar-refractivity contribution in [1.29, 1.82) is 0 Å². The van der Waals surface area contributed by atoms with Crippen LogP contribution in [0.15, 0.2) is 0 Å². The number of nitrogens with zero attached hydrogens (tertiary/aromatic N) is 1. The average Bonchev–Trinajstić information content (AvgIpc) is 2.32. The fraction of sp³-hybridized carbons (Fsp3) is 0.333. The van der Waals surface area contributed by atoms with E-state index in [1.165, 1.54) is 7.11 Å². The first-order valence-corrected chi connectivity index (χ1v) is 3.74. The van der Waals surface area contributed by atoms with Gasteiger partial charge in [0.15, 0.2) is 0 Å². The molecule has 0 atom stereocenters. The third-order valence-electron chi connectivity index (χ3n) is 1.33. The molecule has 1 rings (SSSR count). The summed E-state index contributed by atoms with van der Waals surface area (Å²) in [6.45, 7) is 1.74. The number of methoxy groups -OCH3 is 1. The molecule has 0 aliphatic rings. The van der Waals surface area contributed by atoms with E-state index in [4.69, 9.17) is 5.73 Å².